The molecule has 1 N–H and O–H groups in total. The first-order valence-corrected chi connectivity index (χ1v) is 9.12. The molecule has 0 unspecified atom stereocenters. The fraction of sp³-hybridized carbons (Fsp3) is 0.211. The lowest BCUT2D eigenvalue weighted by Gasteiger charge is -2.04. The quantitative estimate of drug-likeness (QED) is 0.419. The van der Waals surface area contributed by atoms with Crippen LogP contribution < -0.4 is 5.43 Å². The molecule has 128 valence electrons. The fourth-order valence-corrected chi connectivity index (χ4v) is 3.33. The third-order valence-electron chi connectivity index (χ3n) is 3.75. The molecule has 0 spiro atoms. The van der Waals surface area contributed by atoms with Crippen LogP contribution in [0.25, 0.3) is 11.0 Å². The number of hydrogen-bond acceptors (Lipinski definition) is 4. The van der Waals surface area contributed by atoms with Crippen molar-refractivity contribution in [1.29, 1.82) is 0 Å². The second-order valence-electron chi connectivity index (χ2n) is 5.62. The summed E-state index contributed by atoms with van der Waals surface area (Å²) in [6.45, 7) is 4.92. The highest BCUT2D eigenvalue weighted by Gasteiger charge is 2.11. The summed E-state index contributed by atoms with van der Waals surface area (Å²) in [5, 5.41) is 4.85. The largest absolute Gasteiger partial charge is 0.319 e. The molecule has 6 heteroatoms. The Hall–Kier alpha value is -2.60. The molecule has 0 saturated heterocycles. The highest BCUT2D eigenvalue weighted by molar-refractivity contribution is 7.99. The fourth-order valence-electron chi connectivity index (χ4n) is 2.46. The first-order valence-electron chi connectivity index (χ1n) is 8.14. The number of hydrogen-bond donors (Lipinski definition) is 1. The molecule has 1 heterocycles. The van der Waals surface area contributed by atoms with Crippen molar-refractivity contribution in [1.82, 2.24) is 15.0 Å². The van der Waals surface area contributed by atoms with Crippen LogP contribution in [0.2, 0.25) is 0 Å². The molecule has 0 radical (unpaired) electrons. The van der Waals surface area contributed by atoms with Crippen LogP contribution in [0.3, 0.4) is 0 Å². The molecule has 1 amide bonds. The van der Waals surface area contributed by atoms with Crippen molar-refractivity contribution in [2.75, 3.05) is 5.75 Å². The van der Waals surface area contributed by atoms with Crippen LogP contribution in [0.15, 0.2) is 58.8 Å². The third kappa shape index (κ3) is 4.28. The van der Waals surface area contributed by atoms with Gasteiger partial charge in [0.1, 0.15) is 0 Å². The molecule has 3 aromatic rings. The van der Waals surface area contributed by atoms with Gasteiger partial charge in [-0.2, -0.15) is 5.10 Å². The van der Waals surface area contributed by atoms with E-state index in [4.69, 9.17) is 0 Å². The van der Waals surface area contributed by atoms with Gasteiger partial charge in [-0.1, -0.05) is 53.7 Å². The number of nitrogens with zero attached hydrogens (tertiary/aromatic N) is 3. The summed E-state index contributed by atoms with van der Waals surface area (Å²) < 4.78 is 2.11. The summed E-state index contributed by atoms with van der Waals surface area (Å²) in [5.74, 6) is 0.122. The standard InChI is InChI=1S/C19H20N4OS/c1-3-23-17-7-5-4-6-16(17)21-19(23)25-13-18(24)22-20-12-15-10-8-14(2)9-11-15/h4-12H,3,13H2,1-2H3,(H,22,24). The number of aryl methyl sites for hydroxylation is 2. The average molecular weight is 352 g/mol. The molecular weight excluding hydrogens is 332 g/mol. The summed E-state index contributed by atoms with van der Waals surface area (Å²) in [4.78, 5) is 16.6. The summed E-state index contributed by atoms with van der Waals surface area (Å²) in [5.41, 5.74) is 6.74. The number of imidazole rings is 1. The molecule has 0 aliphatic rings. The van der Waals surface area contributed by atoms with E-state index in [2.05, 4.69) is 27.0 Å². The highest BCUT2D eigenvalue weighted by atomic mass is 32.2. The summed E-state index contributed by atoms with van der Waals surface area (Å²) >= 11 is 1.42. The summed E-state index contributed by atoms with van der Waals surface area (Å²) in [6, 6.07) is 15.9. The molecule has 3 rings (SSSR count). The van der Waals surface area contributed by atoms with Crippen molar-refractivity contribution in [2.24, 2.45) is 5.10 Å². The number of aromatic nitrogens is 2. The maximum atomic E-state index is 12.0. The number of carbonyl (C=O) groups is 1. The SMILES string of the molecule is CCn1c(SCC(=O)NN=Cc2ccc(C)cc2)nc2ccccc21. The normalized spacial score (nSPS) is 11.3. The second-order valence-corrected chi connectivity index (χ2v) is 6.56. The van der Waals surface area contributed by atoms with Crippen LogP contribution in [0.5, 0.6) is 0 Å². The van der Waals surface area contributed by atoms with Gasteiger partial charge in [0.25, 0.3) is 5.91 Å². The number of benzene rings is 2. The Morgan fingerprint density at radius 3 is 2.76 bits per heavy atom. The molecule has 1 aromatic heterocycles. The Bertz CT molecular complexity index is 899. The van der Waals surface area contributed by atoms with Gasteiger partial charge < -0.3 is 4.57 Å². The monoisotopic (exact) mass is 352 g/mol. The van der Waals surface area contributed by atoms with E-state index < -0.39 is 0 Å². The maximum Gasteiger partial charge on any atom is 0.250 e. The zero-order valence-electron chi connectivity index (χ0n) is 14.3. The maximum absolute atomic E-state index is 12.0. The number of carbonyl (C=O) groups excluding carboxylic acids is 1. The summed E-state index contributed by atoms with van der Waals surface area (Å²) in [7, 11) is 0. The minimum absolute atomic E-state index is 0.150. The van der Waals surface area contributed by atoms with Crippen LogP contribution in [-0.4, -0.2) is 27.4 Å². The van der Waals surface area contributed by atoms with E-state index in [0.29, 0.717) is 0 Å². The number of amides is 1. The average Bonchev–Trinajstić information content (AvgIpc) is 2.99. The van der Waals surface area contributed by atoms with Crippen LogP contribution in [0.4, 0.5) is 0 Å². The summed E-state index contributed by atoms with van der Waals surface area (Å²) in [6.07, 6.45) is 1.64. The minimum atomic E-state index is -0.150. The van der Waals surface area contributed by atoms with Crippen molar-refractivity contribution in [3.8, 4) is 0 Å². The molecule has 5 nitrogen and oxygen atoms in total. The zero-order chi connectivity index (χ0) is 17.6. The number of fused-ring (bicyclic) bond motifs is 1. The third-order valence-corrected chi connectivity index (χ3v) is 4.72. The molecule has 2 aromatic carbocycles. The smallest absolute Gasteiger partial charge is 0.250 e. The van der Waals surface area contributed by atoms with E-state index >= 15 is 0 Å². The van der Waals surface area contributed by atoms with Gasteiger partial charge in [-0.05, 0) is 31.5 Å². The molecule has 0 fully saturated rings. The van der Waals surface area contributed by atoms with Gasteiger partial charge in [-0.25, -0.2) is 10.4 Å². The molecule has 0 aliphatic heterocycles. The van der Waals surface area contributed by atoms with Crippen molar-refractivity contribution in [2.45, 2.75) is 25.5 Å². The van der Waals surface area contributed by atoms with E-state index in [0.717, 1.165) is 28.3 Å². The lowest BCUT2D eigenvalue weighted by atomic mass is 10.2. The Morgan fingerprint density at radius 1 is 1.24 bits per heavy atom. The van der Waals surface area contributed by atoms with Crippen LogP contribution in [0.1, 0.15) is 18.1 Å². The topological polar surface area (TPSA) is 59.3 Å². The Balaban J connectivity index is 1.58. The van der Waals surface area contributed by atoms with E-state index in [1.165, 1.54) is 17.3 Å². The van der Waals surface area contributed by atoms with E-state index in [1.807, 2.05) is 55.5 Å². The van der Waals surface area contributed by atoms with Crippen molar-refractivity contribution in [3.63, 3.8) is 0 Å². The van der Waals surface area contributed by atoms with Gasteiger partial charge in [0.2, 0.25) is 0 Å². The molecule has 25 heavy (non-hydrogen) atoms. The highest BCUT2D eigenvalue weighted by Crippen LogP contribution is 2.23. The van der Waals surface area contributed by atoms with Crippen LogP contribution in [-0.2, 0) is 11.3 Å². The van der Waals surface area contributed by atoms with Crippen molar-refractivity contribution < 1.29 is 4.79 Å². The number of para-hydroxylation sites is 2. The molecule has 0 saturated carbocycles. The Labute approximate surface area is 151 Å². The van der Waals surface area contributed by atoms with Gasteiger partial charge >= 0.3 is 0 Å². The van der Waals surface area contributed by atoms with Gasteiger partial charge in [0.05, 0.1) is 23.0 Å². The number of nitrogens with one attached hydrogen (secondary N) is 1. The number of hydrazone groups is 1. The van der Waals surface area contributed by atoms with Crippen molar-refractivity contribution >= 4 is 34.9 Å². The van der Waals surface area contributed by atoms with Crippen LogP contribution >= 0.6 is 11.8 Å². The predicted molar refractivity (Wildman–Crippen MR) is 103 cm³/mol. The Morgan fingerprint density at radius 2 is 2.00 bits per heavy atom. The van der Waals surface area contributed by atoms with Gasteiger partial charge in [0, 0.05) is 6.54 Å². The van der Waals surface area contributed by atoms with Gasteiger partial charge in [-0.15, -0.1) is 0 Å². The first kappa shape index (κ1) is 17.2. The Kier molecular flexibility index (Phi) is 5.50. The molecule has 0 atom stereocenters. The lowest BCUT2D eigenvalue weighted by Crippen LogP contribution is -2.20. The first-order chi connectivity index (χ1) is 12.2. The molecular formula is C19H20N4OS. The molecule has 0 aliphatic carbocycles. The lowest BCUT2D eigenvalue weighted by molar-refractivity contribution is -0.118. The van der Waals surface area contributed by atoms with Crippen LogP contribution in [0, 0.1) is 6.92 Å². The predicted octanol–water partition coefficient (Wildman–Crippen LogP) is 3.61. The second kappa shape index (κ2) is 7.98. The van der Waals surface area contributed by atoms with Crippen molar-refractivity contribution in [3.05, 3.63) is 59.7 Å². The minimum Gasteiger partial charge on any atom is -0.319 e. The van der Waals surface area contributed by atoms with Gasteiger partial charge in [0.15, 0.2) is 5.16 Å². The van der Waals surface area contributed by atoms with E-state index in [-0.39, 0.29) is 11.7 Å². The van der Waals surface area contributed by atoms with Gasteiger partial charge in [-0.3, -0.25) is 4.79 Å². The number of thioether (sulfide) groups is 1. The number of rotatable bonds is 6. The van der Waals surface area contributed by atoms with E-state index in [1.54, 1.807) is 6.21 Å². The molecule has 0 bridgehead atoms. The zero-order valence-corrected chi connectivity index (χ0v) is 15.1. The van der Waals surface area contributed by atoms with E-state index in [9.17, 15) is 4.79 Å².